The van der Waals surface area contributed by atoms with Crippen molar-refractivity contribution >= 4 is 27.3 Å². The van der Waals surface area contributed by atoms with Crippen molar-refractivity contribution in [1.29, 1.82) is 0 Å². The Morgan fingerprint density at radius 2 is 2.25 bits per heavy atom. The van der Waals surface area contributed by atoms with Crippen LogP contribution in [-0.2, 0) is 6.54 Å². The van der Waals surface area contributed by atoms with Crippen LogP contribution < -0.4 is 5.32 Å². The van der Waals surface area contributed by atoms with Crippen LogP contribution in [0.4, 0.5) is 0 Å². The SMILES string of the molecule is CCCC1CNC2(CCCC2)CN1Cc1cc(Br)cs1. The van der Waals surface area contributed by atoms with E-state index in [1.807, 2.05) is 11.3 Å². The average Bonchev–Trinajstić information content (AvgIpc) is 3.04. The fraction of sp³-hybridized carbons (Fsp3) is 0.750. The van der Waals surface area contributed by atoms with Gasteiger partial charge in [-0.25, -0.2) is 0 Å². The van der Waals surface area contributed by atoms with Crippen LogP contribution in [-0.4, -0.2) is 29.6 Å². The molecule has 1 aromatic rings. The first-order valence-corrected chi connectivity index (χ1v) is 9.60. The molecule has 0 aromatic carbocycles. The molecule has 1 unspecified atom stereocenters. The summed E-state index contributed by atoms with van der Waals surface area (Å²) < 4.78 is 1.23. The van der Waals surface area contributed by atoms with Gasteiger partial charge in [0.25, 0.3) is 0 Å². The topological polar surface area (TPSA) is 15.3 Å². The van der Waals surface area contributed by atoms with Gasteiger partial charge in [-0.05, 0) is 41.3 Å². The molecule has 2 nitrogen and oxygen atoms in total. The van der Waals surface area contributed by atoms with Crippen LogP contribution in [0.2, 0.25) is 0 Å². The minimum Gasteiger partial charge on any atom is -0.308 e. The molecule has 2 aliphatic rings. The van der Waals surface area contributed by atoms with E-state index in [0.29, 0.717) is 11.6 Å². The van der Waals surface area contributed by atoms with Gasteiger partial charge in [-0.15, -0.1) is 11.3 Å². The van der Waals surface area contributed by atoms with Gasteiger partial charge in [0.1, 0.15) is 0 Å². The number of nitrogens with one attached hydrogen (secondary N) is 1. The zero-order chi connectivity index (χ0) is 14.0. The lowest BCUT2D eigenvalue weighted by atomic mass is 9.91. The summed E-state index contributed by atoms with van der Waals surface area (Å²) in [4.78, 5) is 4.25. The molecule has 1 N–H and O–H groups in total. The predicted octanol–water partition coefficient (Wildman–Crippen LogP) is 4.40. The summed E-state index contributed by atoms with van der Waals surface area (Å²) in [5.41, 5.74) is 0.429. The number of nitrogens with zero attached hydrogens (tertiary/aromatic N) is 1. The van der Waals surface area contributed by atoms with Crippen molar-refractivity contribution in [1.82, 2.24) is 10.2 Å². The largest absolute Gasteiger partial charge is 0.308 e. The quantitative estimate of drug-likeness (QED) is 0.859. The maximum atomic E-state index is 3.90. The molecule has 1 atom stereocenters. The van der Waals surface area contributed by atoms with Gasteiger partial charge in [-0.3, -0.25) is 4.90 Å². The van der Waals surface area contributed by atoms with Crippen LogP contribution in [0.1, 0.15) is 50.3 Å². The third kappa shape index (κ3) is 3.29. The predicted molar refractivity (Wildman–Crippen MR) is 90.3 cm³/mol. The Morgan fingerprint density at radius 3 is 2.90 bits per heavy atom. The van der Waals surface area contributed by atoms with Crippen molar-refractivity contribution in [2.75, 3.05) is 13.1 Å². The zero-order valence-electron chi connectivity index (χ0n) is 12.3. The van der Waals surface area contributed by atoms with E-state index in [9.17, 15) is 0 Å². The van der Waals surface area contributed by atoms with Gasteiger partial charge in [-0.1, -0.05) is 26.2 Å². The second-order valence-electron chi connectivity index (χ2n) is 6.45. The molecule has 0 radical (unpaired) electrons. The van der Waals surface area contributed by atoms with Crippen molar-refractivity contribution in [3.8, 4) is 0 Å². The Kier molecular flexibility index (Phi) is 4.86. The molecule has 1 spiro atoms. The minimum atomic E-state index is 0.429. The summed E-state index contributed by atoms with van der Waals surface area (Å²) in [7, 11) is 0. The van der Waals surface area contributed by atoms with Crippen molar-refractivity contribution in [3.05, 3.63) is 20.8 Å². The molecule has 1 saturated heterocycles. The number of thiophene rings is 1. The zero-order valence-corrected chi connectivity index (χ0v) is 14.7. The van der Waals surface area contributed by atoms with E-state index in [2.05, 4.69) is 44.5 Å². The van der Waals surface area contributed by atoms with Crippen LogP contribution in [0, 0.1) is 0 Å². The van der Waals surface area contributed by atoms with E-state index in [4.69, 9.17) is 0 Å². The van der Waals surface area contributed by atoms with Crippen molar-refractivity contribution in [3.63, 3.8) is 0 Å². The number of halogens is 1. The molecular weight excluding hydrogens is 332 g/mol. The van der Waals surface area contributed by atoms with Crippen LogP contribution in [0.25, 0.3) is 0 Å². The van der Waals surface area contributed by atoms with E-state index in [0.717, 1.165) is 6.54 Å². The van der Waals surface area contributed by atoms with E-state index in [1.54, 1.807) is 0 Å². The number of hydrogen-bond acceptors (Lipinski definition) is 3. The Hall–Kier alpha value is 0.1000. The number of rotatable bonds is 4. The highest BCUT2D eigenvalue weighted by atomic mass is 79.9. The highest BCUT2D eigenvalue weighted by molar-refractivity contribution is 9.10. The molecule has 1 aliphatic carbocycles. The highest BCUT2D eigenvalue weighted by Crippen LogP contribution is 2.35. The third-order valence-corrected chi connectivity index (χ3v) is 6.58. The second-order valence-corrected chi connectivity index (χ2v) is 8.36. The molecule has 20 heavy (non-hydrogen) atoms. The molecule has 2 fully saturated rings. The molecular formula is C16H25BrN2S. The number of piperazine rings is 1. The van der Waals surface area contributed by atoms with Gasteiger partial charge in [-0.2, -0.15) is 0 Å². The molecule has 3 rings (SSSR count). The first kappa shape index (κ1) is 15.0. The summed E-state index contributed by atoms with van der Waals surface area (Å²) in [5, 5.41) is 6.11. The van der Waals surface area contributed by atoms with Gasteiger partial charge in [0, 0.05) is 45.9 Å². The standard InChI is InChI=1S/C16H25BrN2S/c1-2-5-14-9-18-16(6-3-4-7-16)12-19(14)10-15-8-13(17)11-20-15/h8,11,14,18H,2-7,9-10,12H2,1H3. The lowest BCUT2D eigenvalue weighted by Crippen LogP contribution is -2.62. The molecule has 1 aliphatic heterocycles. The van der Waals surface area contributed by atoms with Gasteiger partial charge in [0.15, 0.2) is 0 Å². The van der Waals surface area contributed by atoms with Crippen molar-refractivity contribution in [2.24, 2.45) is 0 Å². The van der Waals surface area contributed by atoms with E-state index >= 15 is 0 Å². The summed E-state index contributed by atoms with van der Waals surface area (Å²) in [5.74, 6) is 0. The minimum absolute atomic E-state index is 0.429. The lowest BCUT2D eigenvalue weighted by molar-refractivity contribution is 0.0698. The Labute approximate surface area is 135 Å². The van der Waals surface area contributed by atoms with Gasteiger partial charge in [0.05, 0.1) is 0 Å². The Morgan fingerprint density at radius 1 is 1.45 bits per heavy atom. The highest BCUT2D eigenvalue weighted by Gasteiger charge is 2.40. The van der Waals surface area contributed by atoms with Crippen LogP contribution in [0.5, 0.6) is 0 Å². The lowest BCUT2D eigenvalue weighted by Gasteiger charge is -2.46. The molecule has 0 amide bonds. The Balaban J connectivity index is 1.71. The third-order valence-electron chi connectivity index (χ3n) is 4.90. The van der Waals surface area contributed by atoms with E-state index in [1.165, 1.54) is 61.0 Å². The Bertz CT molecular complexity index is 439. The van der Waals surface area contributed by atoms with Gasteiger partial charge < -0.3 is 5.32 Å². The summed E-state index contributed by atoms with van der Waals surface area (Å²) >= 11 is 5.47. The van der Waals surface area contributed by atoms with Crippen molar-refractivity contribution in [2.45, 2.75) is 63.6 Å². The molecule has 1 saturated carbocycles. The van der Waals surface area contributed by atoms with E-state index in [-0.39, 0.29) is 0 Å². The normalized spacial score (nSPS) is 26.4. The summed E-state index contributed by atoms with van der Waals surface area (Å²) in [6, 6.07) is 3.00. The van der Waals surface area contributed by atoms with Crippen LogP contribution in [0.15, 0.2) is 15.9 Å². The first-order valence-electron chi connectivity index (χ1n) is 7.93. The average molecular weight is 357 g/mol. The van der Waals surface area contributed by atoms with Crippen molar-refractivity contribution < 1.29 is 0 Å². The molecule has 112 valence electrons. The van der Waals surface area contributed by atoms with Crippen LogP contribution in [0.3, 0.4) is 0 Å². The summed E-state index contributed by atoms with van der Waals surface area (Å²) in [6.07, 6.45) is 8.15. The van der Waals surface area contributed by atoms with E-state index < -0.39 is 0 Å². The molecule has 2 heterocycles. The maximum absolute atomic E-state index is 3.90. The first-order chi connectivity index (χ1) is 9.71. The molecule has 4 heteroatoms. The monoisotopic (exact) mass is 356 g/mol. The van der Waals surface area contributed by atoms with Gasteiger partial charge >= 0.3 is 0 Å². The van der Waals surface area contributed by atoms with Gasteiger partial charge in [0.2, 0.25) is 0 Å². The number of hydrogen-bond donors (Lipinski definition) is 1. The fourth-order valence-corrected chi connectivity index (χ4v) is 5.34. The van der Waals surface area contributed by atoms with Crippen LogP contribution >= 0.6 is 27.3 Å². The molecule has 1 aromatic heterocycles. The fourth-order valence-electron chi connectivity index (χ4n) is 3.86. The second kappa shape index (κ2) is 6.47. The maximum Gasteiger partial charge on any atom is 0.0332 e. The molecule has 0 bridgehead atoms. The summed E-state index contributed by atoms with van der Waals surface area (Å²) in [6.45, 7) is 5.86. The smallest absolute Gasteiger partial charge is 0.0332 e.